The van der Waals surface area contributed by atoms with Crippen LogP contribution in [0.2, 0.25) is 0 Å². The Labute approximate surface area is 147 Å². The molecule has 2 heterocycles. The van der Waals surface area contributed by atoms with Crippen LogP contribution >= 0.6 is 0 Å². The van der Waals surface area contributed by atoms with Crippen LogP contribution < -0.4 is 5.32 Å². The molecule has 132 valence electrons. The Morgan fingerprint density at radius 3 is 2.64 bits per heavy atom. The Kier molecular flexibility index (Phi) is 5.28. The van der Waals surface area contributed by atoms with Crippen LogP contribution in [0.4, 0.5) is 4.39 Å². The van der Waals surface area contributed by atoms with Gasteiger partial charge in [0.05, 0.1) is 17.6 Å². The number of hydrogen-bond donors (Lipinski definition) is 2. The molecule has 0 spiro atoms. The first kappa shape index (κ1) is 17.4. The molecule has 0 bridgehead atoms. The summed E-state index contributed by atoms with van der Waals surface area (Å²) in [7, 11) is 0. The molecule has 0 radical (unpaired) electrons. The van der Waals surface area contributed by atoms with Crippen molar-refractivity contribution in [1.29, 1.82) is 0 Å². The number of rotatable bonds is 7. The molecule has 0 aliphatic heterocycles. The Bertz CT molecular complexity index is 832. The average molecular weight is 341 g/mol. The van der Waals surface area contributed by atoms with Crippen LogP contribution in [-0.4, -0.2) is 20.0 Å². The monoisotopic (exact) mass is 341 g/mol. The molecule has 6 heteroatoms. The lowest BCUT2D eigenvalue weighted by atomic mass is 10.1. The number of benzene rings is 1. The van der Waals surface area contributed by atoms with Crippen LogP contribution in [0.1, 0.15) is 35.9 Å². The van der Waals surface area contributed by atoms with Crippen molar-refractivity contribution in [2.45, 2.75) is 46.8 Å². The minimum Gasteiger partial charge on any atom is -0.308 e. The molecule has 0 unspecified atom stereocenters. The first-order valence-electron chi connectivity index (χ1n) is 8.62. The zero-order valence-electron chi connectivity index (χ0n) is 14.9. The molecule has 0 amide bonds. The van der Waals surface area contributed by atoms with Gasteiger partial charge in [-0.25, -0.2) is 4.39 Å². The highest BCUT2D eigenvalue weighted by molar-refractivity contribution is 5.62. The van der Waals surface area contributed by atoms with Crippen molar-refractivity contribution in [1.82, 2.24) is 25.3 Å². The molecule has 3 rings (SSSR count). The number of H-pyrrole nitrogens is 1. The van der Waals surface area contributed by atoms with Crippen molar-refractivity contribution in [3.05, 3.63) is 58.8 Å². The number of aryl methyl sites for hydroxylation is 2. The van der Waals surface area contributed by atoms with Gasteiger partial charge >= 0.3 is 0 Å². The zero-order chi connectivity index (χ0) is 17.8. The average Bonchev–Trinajstić information content (AvgIpc) is 3.16. The topological polar surface area (TPSA) is 58.5 Å². The lowest BCUT2D eigenvalue weighted by molar-refractivity contribution is 0.581. The lowest BCUT2D eigenvalue weighted by Crippen LogP contribution is -2.14. The maximum Gasteiger partial charge on any atom is 0.123 e. The minimum absolute atomic E-state index is 0.238. The second-order valence-electron chi connectivity index (χ2n) is 6.25. The number of nitrogens with zero attached hydrogens (tertiary/aromatic N) is 3. The van der Waals surface area contributed by atoms with Crippen molar-refractivity contribution in [2.75, 3.05) is 0 Å². The largest absolute Gasteiger partial charge is 0.308 e. The SMILES string of the molecule is CCCn1nc(C)c(CNCc2cn[nH]c2-c2ccc(F)cc2)c1C. The molecule has 1 aromatic carbocycles. The number of aromatic amines is 1. The van der Waals surface area contributed by atoms with E-state index in [0.29, 0.717) is 6.54 Å². The van der Waals surface area contributed by atoms with E-state index in [1.165, 1.54) is 23.4 Å². The molecule has 25 heavy (non-hydrogen) atoms. The summed E-state index contributed by atoms with van der Waals surface area (Å²) in [4.78, 5) is 0. The first-order valence-corrected chi connectivity index (χ1v) is 8.62. The van der Waals surface area contributed by atoms with Gasteiger partial charge in [0.2, 0.25) is 0 Å². The summed E-state index contributed by atoms with van der Waals surface area (Å²) in [5.74, 6) is -0.238. The molecular formula is C19H24FN5. The van der Waals surface area contributed by atoms with Gasteiger partial charge in [0.25, 0.3) is 0 Å². The summed E-state index contributed by atoms with van der Waals surface area (Å²) in [6, 6.07) is 6.44. The Morgan fingerprint density at radius 2 is 1.92 bits per heavy atom. The fourth-order valence-electron chi connectivity index (χ4n) is 3.05. The zero-order valence-corrected chi connectivity index (χ0v) is 14.9. The normalized spacial score (nSPS) is 11.2. The number of hydrogen-bond acceptors (Lipinski definition) is 3. The van der Waals surface area contributed by atoms with Crippen LogP contribution in [0.25, 0.3) is 11.3 Å². The molecule has 0 aliphatic rings. The van der Waals surface area contributed by atoms with Crippen LogP contribution in [-0.2, 0) is 19.6 Å². The van der Waals surface area contributed by atoms with Crippen LogP contribution in [0, 0.1) is 19.7 Å². The lowest BCUT2D eigenvalue weighted by Gasteiger charge is -2.07. The van der Waals surface area contributed by atoms with Crippen LogP contribution in [0.15, 0.2) is 30.5 Å². The van der Waals surface area contributed by atoms with Crippen LogP contribution in [0.3, 0.4) is 0 Å². The number of nitrogens with one attached hydrogen (secondary N) is 2. The third-order valence-electron chi connectivity index (χ3n) is 4.43. The van der Waals surface area contributed by atoms with Crippen molar-refractivity contribution in [3.63, 3.8) is 0 Å². The van der Waals surface area contributed by atoms with Crippen LogP contribution in [0.5, 0.6) is 0 Å². The van der Waals surface area contributed by atoms with Gasteiger partial charge in [-0.1, -0.05) is 6.92 Å². The molecule has 0 saturated heterocycles. The third-order valence-corrected chi connectivity index (χ3v) is 4.43. The number of aromatic nitrogens is 4. The van der Waals surface area contributed by atoms with Crippen molar-refractivity contribution >= 4 is 0 Å². The van der Waals surface area contributed by atoms with Gasteiger partial charge in [-0.2, -0.15) is 10.2 Å². The molecule has 0 atom stereocenters. The van der Waals surface area contributed by atoms with Crippen molar-refractivity contribution in [2.24, 2.45) is 0 Å². The van der Waals surface area contributed by atoms with E-state index in [1.54, 1.807) is 12.1 Å². The van der Waals surface area contributed by atoms with Crippen molar-refractivity contribution < 1.29 is 4.39 Å². The van der Waals surface area contributed by atoms with Crippen molar-refractivity contribution in [3.8, 4) is 11.3 Å². The summed E-state index contributed by atoms with van der Waals surface area (Å²) >= 11 is 0. The highest BCUT2D eigenvalue weighted by Gasteiger charge is 2.12. The highest BCUT2D eigenvalue weighted by atomic mass is 19.1. The Balaban J connectivity index is 1.68. The maximum atomic E-state index is 13.1. The molecule has 0 aliphatic carbocycles. The summed E-state index contributed by atoms with van der Waals surface area (Å²) < 4.78 is 15.2. The molecule has 0 saturated carbocycles. The van der Waals surface area contributed by atoms with E-state index in [2.05, 4.69) is 46.1 Å². The van der Waals surface area contributed by atoms with Gasteiger partial charge < -0.3 is 5.32 Å². The highest BCUT2D eigenvalue weighted by Crippen LogP contribution is 2.21. The van der Waals surface area contributed by atoms with E-state index in [1.807, 2.05) is 6.20 Å². The fourth-order valence-corrected chi connectivity index (χ4v) is 3.05. The Morgan fingerprint density at radius 1 is 1.16 bits per heavy atom. The second kappa shape index (κ2) is 7.61. The molecule has 2 aromatic heterocycles. The molecule has 0 fully saturated rings. The minimum atomic E-state index is -0.238. The van der Waals surface area contributed by atoms with E-state index in [9.17, 15) is 4.39 Å². The molecule has 5 nitrogen and oxygen atoms in total. The predicted molar refractivity (Wildman–Crippen MR) is 96.5 cm³/mol. The maximum absolute atomic E-state index is 13.1. The van der Waals surface area contributed by atoms with Gasteiger partial charge in [0.1, 0.15) is 5.82 Å². The van der Waals surface area contributed by atoms with E-state index in [4.69, 9.17) is 0 Å². The van der Waals surface area contributed by atoms with E-state index in [0.717, 1.165) is 42.0 Å². The summed E-state index contributed by atoms with van der Waals surface area (Å²) in [6.45, 7) is 8.72. The summed E-state index contributed by atoms with van der Waals surface area (Å²) in [5, 5.41) is 15.2. The van der Waals surface area contributed by atoms with E-state index >= 15 is 0 Å². The smallest absolute Gasteiger partial charge is 0.123 e. The summed E-state index contributed by atoms with van der Waals surface area (Å²) in [5.41, 5.74) is 6.45. The molecule has 2 N–H and O–H groups in total. The van der Waals surface area contributed by atoms with Gasteiger partial charge in [-0.3, -0.25) is 9.78 Å². The third kappa shape index (κ3) is 3.79. The van der Waals surface area contributed by atoms with Gasteiger partial charge in [0, 0.05) is 42.0 Å². The van der Waals surface area contributed by atoms with E-state index < -0.39 is 0 Å². The predicted octanol–water partition coefficient (Wildman–Crippen LogP) is 3.73. The standard InChI is InChI=1S/C19H24FN5/c1-4-9-25-14(3)18(13(2)24-25)12-21-10-16-11-22-23-19(16)15-5-7-17(20)8-6-15/h5-8,11,21H,4,9-10,12H2,1-3H3,(H,22,23). The molecule has 3 aromatic rings. The molecular weight excluding hydrogens is 317 g/mol. The quantitative estimate of drug-likeness (QED) is 0.688. The fraction of sp³-hybridized carbons (Fsp3) is 0.368. The van der Waals surface area contributed by atoms with Gasteiger partial charge in [-0.15, -0.1) is 0 Å². The Hall–Kier alpha value is -2.47. The second-order valence-corrected chi connectivity index (χ2v) is 6.25. The number of halogens is 1. The van der Waals surface area contributed by atoms with E-state index in [-0.39, 0.29) is 5.82 Å². The van der Waals surface area contributed by atoms with Gasteiger partial charge in [-0.05, 0) is 44.5 Å². The first-order chi connectivity index (χ1) is 12.1. The van der Waals surface area contributed by atoms with Gasteiger partial charge in [0.15, 0.2) is 0 Å². The summed E-state index contributed by atoms with van der Waals surface area (Å²) in [6.07, 6.45) is 2.89.